The van der Waals surface area contributed by atoms with Crippen LogP contribution in [0.2, 0.25) is 0 Å². The predicted octanol–water partition coefficient (Wildman–Crippen LogP) is 3.50. The summed E-state index contributed by atoms with van der Waals surface area (Å²) >= 11 is 0. The SMILES string of the molecule is CCCOCCC(CNCC)c1cccc(C)c1. The van der Waals surface area contributed by atoms with E-state index in [2.05, 4.69) is 50.4 Å². The Morgan fingerprint density at radius 1 is 1.22 bits per heavy atom. The molecule has 0 aliphatic rings. The van der Waals surface area contributed by atoms with Crippen LogP contribution >= 0.6 is 0 Å². The van der Waals surface area contributed by atoms with Gasteiger partial charge in [0, 0.05) is 19.8 Å². The first kappa shape index (κ1) is 15.2. The summed E-state index contributed by atoms with van der Waals surface area (Å²) in [4.78, 5) is 0. The zero-order valence-electron chi connectivity index (χ0n) is 12.0. The van der Waals surface area contributed by atoms with Crippen molar-refractivity contribution in [2.45, 2.75) is 39.5 Å². The highest BCUT2D eigenvalue weighted by molar-refractivity contribution is 5.25. The van der Waals surface area contributed by atoms with Gasteiger partial charge in [-0.3, -0.25) is 0 Å². The molecule has 0 aliphatic heterocycles. The van der Waals surface area contributed by atoms with E-state index < -0.39 is 0 Å². The van der Waals surface area contributed by atoms with Gasteiger partial charge in [-0.05, 0) is 37.8 Å². The van der Waals surface area contributed by atoms with E-state index in [1.54, 1.807) is 0 Å². The minimum Gasteiger partial charge on any atom is -0.381 e. The summed E-state index contributed by atoms with van der Waals surface area (Å²) in [5, 5.41) is 3.45. The van der Waals surface area contributed by atoms with Crippen LogP contribution in [0.3, 0.4) is 0 Å². The van der Waals surface area contributed by atoms with Gasteiger partial charge >= 0.3 is 0 Å². The number of ether oxygens (including phenoxy) is 1. The number of aryl methyl sites for hydroxylation is 1. The van der Waals surface area contributed by atoms with Gasteiger partial charge in [0.25, 0.3) is 0 Å². The topological polar surface area (TPSA) is 21.3 Å². The molecule has 1 aromatic carbocycles. The molecule has 1 atom stereocenters. The Morgan fingerprint density at radius 3 is 2.72 bits per heavy atom. The van der Waals surface area contributed by atoms with E-state index in [0.717, 1.165) is 39.1 Å². The number of hydrogen-bond donors (Lipinski definition) is 1. The van der Waals surface area contributed by atoms with E-state index in [0.29, 0.717) is 5.92 Å². The molecule has 0 radical (unpaired) electrons. The fourth-order valence-corrected chi connectivity index (χ4v) is 2.10. The first-order chi connectivity index (χ1) is 8.77. The lowest BCUT2D eigenvalue weighted by Gasteiger charge is -2.18. The van der Waals surface area contributed by atoms with Crippen molar-refractivity contribution in [3.8, 4) is 0 Å². The maximum atomic E-state index is 5.62. The van der Waals surface area contributed by atoms with Crippen LogP contribution in [0.4, 0.5) is 0 Å². The van der Waals surface area contributed by atoms with Crippen molar-refractivity contribution in [2.24, 2.45) is 0 Å². The van der Waals surface area contributed by atoms with Crippen molar-refractivity contribution in [1.29, 1.82) is 0 Å². The average Bonchev–Trinajstić information content (AvgIpc) is 2.38. The number of rotatable bonds is 9. The molecule has 0 spiro atoms. The fraction of sp³-hybridized carbons (Fsp3) is 0.625. The minimum atomic E-state index is 0.557. The fourth-order valence-electron chi connectivity index (χ4n) is 2.10. The molecule has 102 valence electrons. The number of benzene rings is 1. The molecule has 18 heavy (non-hydrogen) atoms. The average molecular weight is 249 g/mol. The van der Waals surface area contributed by atoms with Crippen LogP contribution in [0.15, 0.2) is 24.3 Å². The Kier molecular flexibility index (Phi) is 7.70. The van der Waals surface area contributed by atoms with Crippen LogP contribution in [0.1, 0.15) is 43.7 Å². The second-order valence-corrected chi connectivity index (χ2v) is 4.82. The molecule has 0 aliphatic carbocycles. The third-order valence-corrected chi connectivity index (χ3v) is 3.11. The van der Waals surface area contributed by atoms with Crippen LogP contribution in [0.25, 0.3) is 0 Å². The molecule has 0 saturated carbocycles. The normalized spacial score (nSPS) is 12.6. The summed E-state index contributed by atoms with van der Waals surface area (Å²) in [6, 6.07) is 8.83. The quantitative estimate of drug-likeness (QED) is 0.676. The largest absolute Gasteiger partial charge is 0.381 e. The number of likely N-dealkylation sites (N-methyl/N-ethyl adjacent to an activating group) is 1. The Hall–Kier alpha value is -0.860. The second kappa shape index (κ2) is 9.12. The third kappa shape index (κ3) is 5.65. The molecular formula is C16H27NO. The van der Waals surface area contributed by atoms with Gasteiger partial charge in [-0.25, -0.2) is 0 Å². The van der Waals surface area contributed by atoms with E-state index >= 15 is 0 Å². The summed E-state index contributed by atoms with van der Waals surface area (Å²) in [7, 11) is 0. The summed E-state index contributed by atoms with van der Waals surface area (Å²) in [6.07, 6.45) is 2.19. The van der Waals surface area contributed by atoms with Crippen molar-refractivity contribution in [2.75, 3.05) is 26.3 Å². The molecule has 0 saturated heterocycles. The van der Waals surface area contributed by atoms with Crippen molar-refractivity contribution in [3.63, 3.8) is 0 Å². The van der Waals surface area contributed by atoms with Crippen molar-refractivity contribution in [1.82, 2.24) is 5.32 Å². The summed E-state index contributed by atoms with van der Waals surface area (Å²) < 4.78 is 5.62. The van der Waals surface area contributed by atoms with Crippen LogP contribution in [-0.2, 0) is 4.74 Å². The van der Waals surface area contributed by atoms with Gasteiger partial charge in [0.15, 0.2) is 0 Å². The molecule has 2 nitrogen and oxygen atoms in total. The monoisotopic (exact) mass is 249 g/mol. The molecule has 0 aromatic heterocycles. The molecule has 0 bridgehead atoms. The van der Waals surface area contributed by atoms with E-state index in [1.807, 2.05) is 0 Å². The van der Waals surface area contributed by atoms with Gasteiger partial charge in [0.1, 0.15) is 0 Å². The lowest BCUT2D eigenvalue weighted by Crippen LogP contribution is -2.22. The molecular weight excluding hydrogens is 222 g/mol. The summed E-state index contributed by atoms with van der Waals surface area (Å²) in [5.74, 6) is 0.557. The molecule has 0 amide bonds. The Morgan fingerprint density at radius 2 is 2.06 bits per heavy atom. The highest BCUT2D eigenvalue weighted by Gasteiger charge is 2.11. The zero-order valence-corrected chi connectivity index (χ0v) is 12.0. The first-order valence-electron chi connectivity index (χ1n) is 7.13. The summed E-state index contributed by atoms with van der Waals surface area (Å²) in [5.41, 5.74) is 2.76. The lowest BCUT2D eigenvalue weighted by atomic mass is 9.94. The van der Waals surface area contributed by atoms with Crippen molar-refractivity contribution >= 4 is 0 Å². The highest BCUT2D eigenvalue weighted by Crippen LogP contribution is 2.20. The molecule has 1 rings (SSSR count). The zero-order chi connectivity index (χ0) is 13.2. The Balaban J connectivity index is 2.54. The molecule has 1 aromatic rings. The lowest BCUT2D eigenvalue weighted by molar-refractivity contribution is 0.127. The van der Waals surface area contributed by atoms with Gasteiger partial charge in [0.05, 0.1) is 0 Å². The standard InChI is InChI=1S/C16H27NO/c1-4-10-18-11-9-16(13-17-5-2)15-8-6-7-14(3)12-15/h6-8,12,16-17H,4-5,9-11,13H2,1-3H3. The maximum absolute atomic E-state index is 5.62. The predicted molar refractivity (Wildman–Crippen MR) is 78.2 cm³/mol. The van der Waals surface area contributed by atoms with Crippen LogP contribution < -0.4 is 5.32 Å². The van der Waals surface area contributed by atoms with Crippen molar-refractivity contribution in [3.05, 3.63) is 35.4 Å². The Bertz CT molecular complexity index is 325. The second-order valence-electron chi connectivity index (χ2n) is 4.82. The highest BCUT2D eigenvalue weighted by atomic mass is 16.5. The smallest absolute Gasteiger partial charge is 0.0472 e. The van der Waals surface area contributed by atoms with Crippen molar-refractivity contribution < 1.29 is 4.74 Å². The van der Waals surface area contributed by atoms with E-state index in [-0.39, 0.29) is 0 Å². The molecule has 1 N–H and O–H groups in total. The Labute approximate surface area is 112 Å². The van der Waals surface area contributed by atoms with Gasteiger partial charge in [-0.15, -0.1) is 0 Å². The maximum Gasteiger partial charge on any atom is 0.0472 e. The third-order valence-electron chi connectivity index (χ3n) is 3.11. The molecule has 0 fully saturated rings. The number of hydrogen-bond acceptors (Lipinski definition) is 2. The van der Waals surface area contributed by atoms with Gasteiger partial charge in [0.2, 0.25) is 0 Å². The minimum absolute atomic E-state index is 0.557. The van der Waals surface area contributed by atoms with Crippen LogP contribution in [-0.4, -0.2) is 26.3 Å². The van der Waals surface area contributed by atoms with Crippen LogP contribution in [0, 0.1) is 6.92 Å². The van der Waals surface area contributed by atoms with E-state index in [4.69, 9.17) is 4.74 Å². The number of nitrogens with one attached hydrogen (secondary N) is 1. The van der Waals surface area contributed by atoms with Gasteiger partial charge in [-0.1, -0.05) is 43.7 Å². The molecule has 0 heterocycles. The molecule has 2 heteroatoms. The summed E-state index contributed by atoms with van der Waals surface area (Å²) in [6.45, 7) is 10.3. The van der Waals surface area contributed by atoms with Gasteiger partial charge in [-0.2, -0.15) is 0 Å². The molecule has 1 unspecified atom stereocenters. The van der Waals surface area contributed by atoms with E-state index in [9.17, 15) is 0 Å². The van der Waals surface area contributed by atoms with Gasteiger partial charge < -0.3 is 10.1 Å². The van der Waals surface area contributed by atoms with E-state index in [1.165, 1.54) is 11.1 Å². The van der Waals surface area contributed by atoms with Crippen LogP contribution in [0.5, 0.6) is 0 Å². The first-order valence-corrected chi connectivity index (χ1v) is 7.13.